The predicted octanol–water partition coefficient (Wildman–Crippen LogP) is 1.71. The highest BCUT2D eigenvalue weighted by Gasteiger charge is 2.39. The van der Waals surface area contributed by atoms with E-state index in [1.807, 2.05) is 37.3 Å². The average molecular weight is 245 g/mol. The quantitative estimate of drug-likeness (QED) is 0.628. The van der Waals surface area contributed by atoms with Crippen molar-refractivity contribution < 1.29 is 9.59 Å². The zero-order chi connectivity index (χ0) is 13.1. The van der Waals surface area contributed by atoms with Crippen molar-refractivity contribution in [3.63, 3.8) is 0 Å². The van der Waals surface area contributed by atoms with Crippen molar-refractivity contribution in [2.75, 3.05) is 0 Å². The second-order valence-electron chi connectivity index (χ2n) is 4.28. The summed E-state index contributed by atoms with van der Waals surface area (Å²) in [6.07, 6.45) is 1.37. The van der Waals surface area contributed by atoms with Crippen molar-refractivity contribution in [1.82, 2.24) is 10.2 Å². The van der Waals surface area contributed by atoms with E-state index in [9.17, 15) is 9.59 Å². The largest absolute Gasteiger partial charge is 0.331 e. The smallest absolute Gasteiger partial charge is 0.325 e. The number of β-lactam (4-membered cyclic amide) rings is 1. The topological polar surface area (TPSA) is 73.3 Å². The number of amides is 3. The Bertz CT molecular complexity index is 472. The number of urea groups is 1. The van der Waals surface area contributed by atoms with Gasteiger partial charge in [0.25, 0.3) is 0 Å². The van der Waals surface area contributed by atoms with E-state index in [0.717, 1.165) is 16.7 Å². The summed E-state index contributed by atoms with van der Waals surface area (Å²) in [5.74, 6) is -0.235. The standard InChI is InChI=1S/C13H15N3O2/c1-9(10-5-3-2-4-6-10)15-13(18)16-11(8-14)7-12(16)17/h2-6,8-9,11,14H,7H2,1H3,(H,15,18)/t9-,11?/m1/s1. The van der Waals surface area contributed by atoms with Gasteiger partial charge in [-0.1, -0.05) is 30.3 Å². The fraction of sp³-hybridized carbons (Fsp3) is 0.308. The van der Waals surface area contributed by atoms with E-state index in [1.165, 1.54) is 0 Å². The summed E-state index contributed by atoms with van der Waals surface area (Å²) in [5.41, 5.74) is 0.977. The van der Waals surface area contributed by atoms with Gasteiger partial charge in [0.2, 0.25) is 5.91 Å². The lowest BCUT2D eigenvalue weighted by atomic mass is 10.0. The lowest BCUT2D eigenvalue weighted by Crippen LogP contribution is -2.59. The Kier molecular flexibility index (Phi) is 3.41. The van der Waals surface area contributed by atoms with Gasteiger partial charge in [0.15, 0.2) is 0 Å². The van der Waals surface area contributed by atoms with Gasteiger partial charge in [-0.3, -0.25) is 9.69 Å². The minimum atomic E-state index is -0.434. The number of likely N-dealkylation sites (tertiary alicyclic amines) is 1. The molecule has 2 rings (SSSR count). The molecule has 1 aliphatic heterocycles. The lowest BCUT2D eigenvalue weighted by Gasteiger charge is -2.36. The van der Waals surface area contributed by atoms with Crippen LogP contribution in [0.25, 0.3) is 0 Å². The molecule has 1 saturated heterocycles. The third kappa shape index (κ3) is 2.25. The zero-order valence-corrected chi connectivity index (χ0v) is 10.1. The average Bonchev–Trinajstić information content (AvgIpc) is 2.36. The predicted molar refractivity (Wildman–Crippen MR) is 67.4 cm³/mol. The first kappa shape index (κ1) is 12.3. The van der Waals surface area contributed by atoms with E-state index in [2.05, 4.69) is 5.32 Å². The summed E-state index contributed by atoms with van der Waals surface area (Å²) < 4.78 is 0. The van der Waals surface area contributed by atoms with E-state index in [-0.39, 0.29) is 24.4 Å². The molecule has 0 bridgehead atoms. The third-order valence-corrected chi connectivity index (χ3v) is 3.03. The van der Waals surface area contributed by atoms with Crippen molar-refractivity contribution >= 4 is 18.2 Å². The molecule has 1 aromatic rings. The van der Waals surface area contributed by atoms with Gasteiger partial charge in [0.1, 0.15) is 0 Å². The Morgan fingerprint density at radius 1 is 1.50 bits per heavy atom. The Balaban J connectivity index is 1.99. The van der Waals surface area contributed by atoms with E-state index < -0.39 is 6.03 Å². The minimum Gasteiger partial charge on any atom is -0.331 e. The number of imide groups is 1. The number of hydrogen-bond acceptors (Lipinski definition) is 3. The highest BCUT2D eigenvalue weighted by atomic mass is 16.2. The van der Waals surface area contributed by atoms with Gasteiger partial charge in [-0.15, -0.1) is 0 Å². The Morgan fingerprint density at radius 2 is 2.17 bits per heavy atom. The molecule has 5 nitrogen and oxygen atoms in total. The molecule has 18 heavy (non-hydrogen) atoms. The summed E-state index contributed by atoms with van der Waals surface area (Å²) in [6, 6.07) is 8.53. The molecule has 0 saturated carbocycles. The fourth-order valence-corrected chi connectivity index (χ4v) is 1.92. The summed E-state index contributed by atoms with van der Waals surface area (Å²) in [5, 5.41) is 9.88. The third-order valence-electron chi connectivity index (χ3n) is 3.03. The van der Waals surface area contributed by atoms with Crippen LogP contribution in [0.5, 0.6) is 0 Å². The van der Waals surface area contributed by atoms with Gasteiger partial charge in [-0.05, 0) is 12.5 Å². The number of nitrogens with zero attached hydrogens (tertiary/aromatic N) is 1. The van der Waals surface area contributed by atoms with Crippen LogP contribution in [-0.2, 0) is 4.79 Å². The second-order valence-corrected chi connectivity index (χ2v) is 4.28. The van der Waals surface area contributed by atoms with E-state index in [1.54, 1.807) is 0 Å². The molecule has 1 aliphatic rings. The van der Waals surface area contributed by atoms with Crippen molar-refractivity contribution in [3.8, 4) is 0 Å². The lowest BCUT2D eigenvalue weighted by molar-refractivity contribution is -0.137. The summed E-state index contributed by atoms with van der Waals surface area (Å²) in [6.45, 7) is 1.86. The number of benzene rings is 1. The van der Waals surface area contributed by atoms with Crippen molar-refractivity contribution in [2.24, 2.45) is 0 Å². The highest BCUT2D eigenvalue weighted by molar-refractivity contribution is 6.04. The molecule has 0 radical (unpaired) electrons. The molecule has 0 aliphatic carbocycles. The first-order chi connectivity index (χ1) is 8.63. The van der Waals surface area contributed by atoms with Crippen LogP contribution in [0.15, 0.2) is 30.3 Å². The van der Waals surface area contributed by atoms with Crippen LogP contribution in [0.4, 0.5) is 4.79 Å². The molecule has 1 heterocycles. The summed E-state index contributed by atoms with van der Waals surface area (Å²) in [4.78, 5) is 24.3. The van der Waals surface area contributed by atoms with Crippen molar-refractivity contribution in [3.05, 3.63) is 35.9 Å². The molecule has 94 valence electrons. The number of hydrogen-bond donors (Lipinski definition) is 2. The monoisotopic (exact) mass is 245 g/mol. The van der Waals surface area contributed by atoms with Gasteiger partial charge >= 0.3 is 6.03 Å². The van der Waals surface area contributed by atoms with Gasteiger partial charge in [-0.2, -0.15) is 0 Å². The van der Waals surface area contributed by atoms with E-state index in [4.69, 9.17) is 5.41 Å². The molecule has 1 aromatic carbocycles. The number of nitrogens with one attached hydrogen (secondary N) is 2. The van der Waals surface area contributed by atoms with Crippen molar-refractivity contribution in [2.45, 2.75) is 25.4 Å². The molecule has 2 atom stereocenters. The first-order valence-electron chi connectivity index (χ1n) is 5.81. The van der Waals surface area contributed by atoms with Crippen LogP contribution in [0.1, 0.15) is 24.9 Å². The molecular weight excluding hydrogens is 230 g/mol. The molecule has 3 amide bonds. The Hall–Kier alpha value is -2.17. The van der Waals surface area contributed by atoms with Gasteiger partial charge < -0.3 is 10.7 Å². The van der Waals surface area contributed by atoms with Gasteiger partial charge in [-0.25, -0.2) is 4.79 Å². The Morgan fingerprint density at radius 3 is 2.72 bits per heavy atom. The first-order valence-corrected chi connectivity index (χ1v) is 5.81. The molecule has 1 fully saturated rings. The van der Waals surface area contributed by atoms with E-state index in [0.29, 0.717) is 0 Å². The maximum atomic E-state index is 11.9. The number of rotatable bonds is 3. The molecule has 5 heteroatoms. The molecule has 0 spiro atoms. The molecule has 0 aromatic heterocycles. The van der Waals surface area contributed by atoms with Crippen LogP contribution >= 0.6 is 0 Å². The number of carbonyl (C=O) groups is 2. The van der Waals surface area contributed by atoms with E-state index >= 15 is 0 Å². The van der Waals surface area contributed by atoms with Gasteiger partial charge in [0.05, 0.1) is 18.5 Å². The Labute approximate surface area is 105 Å². The minimum absolute atomic E-state index is 0.168. The zero-order valence-electron chi connectivity index (χ0n) is 10.1. The maximum absolute atomic E-state index is 11.9. The van der Waals surface area contributed by atoms with Crippen LogP contribution in [0.2, 0.25) is 0 Å². The normalized spacial score (nSPS) is 19.9. The molecule has 2 N–H and O–H groups in total. The maximum Gasteiger partial charge on any atom is 0.325 e. The highest BCUT2D eigenvalue weighted by Crippen LogP contribution is 2.19. The van der Waals surface area contributed by atoms with Crippen molar-refractivity contribution in [1.29, 1.82) is 5.41 Å². The SMILES string of the molecule is C[C@@H](NC(=O)N1C(=O)CC1C=N)c1ccccc1. The fourth-order valence-electron chi connectivity index (χ4n) is 1.92. The summed E-state index contributed by atoms with van der Waals surface area (Å²) in [7, 11) is 0. The second kappa shape index (κ2) is 5.00. The van der Waals surface area contributed by atoms with Crippen LogP contribution in [0.3, 0.4) is 0 Å². The van der Waals surface area contributed by atoms with Crippen LogP contribution in [-0.4, -0.2) is 29.1 Å². The van der Waals surface area contributed by atoms with Crippen LogP contribution in [0, 0.1) is 5.41 Å². The van der Waals surface area contributed by atoms with Crippen LogP contribution < -0.4 is 5.32 Å². The van der Waals surface area contributed by atoms with Gasteiger partial charge in [0, 0.05) is 6.21 Å². The molecular formula is C13H15N3O2. The molecule has 1 unspecified atom stereocenters. The summed E-state index contributed by atoms with van der Waals surface area (Å²) >= 11 is 0. The number of carbonyl (C=O) groups excluding carboxylic acids is 2.